The molecule has 1 amide bonds. The molecule has 1 N–H and O–H groups in total. The van der Waals surface area contributed by atoms with Crippen LogP contribution in [0.2, 0.25) is 0 Å². The number of nitrogens with zero attached hydrogens (tertiary/aromatic N) is 1. The minimum absolute atomic E-state index is 0.117. The number of nitrogens with one attached hydrogen (secondary N) is 1. The summed E-state index contributed by atoms with van der Waals surface area (Å²) in [6, 6.07) is 11.2. The van der Waals surface area contributed by atoms with Gasteiger partial charge in [-0.1, -0.05) is 30.3 Å². The minimum Gasteiger partial charge on any atom is -0.311 e. The van der Waals surface area contributed by atoms with Crippen LogP contribution in [0.5, 0.6) is 0 Å². The Labute approximate surface area is 156 Å². The van der Waals surface area contributed by atoms with E-state index in [1.54, 1.807) is 24.0 Å². The van der Waals surface area contributed by atoms with E-state index in [0.29, 0.717) is 5.56 Å². The lowest BCUT2D eigenvalue weighted by Gasteiger charge is -2.25. The third-order valence-corrected chi connectivity index (χ3v) is 5.95. The lowest BCUT2D eigenvalue weighted by atomic mass is 10.1. The summed E-state index contributed by atoms with van der Waals surface area (Å²) in [5, 5.41) is 0. The van der Waals surface area contributed by atoms with Crippen molar-refractivity contribution >= 4 is 21.6 Å². The molecule has 0 saturated heterocycles. The van der Waals surface area contributed by atoms with Gasteiger partial charge in [-0.05, 0) is 56.0 Å². The van der Waals surface area contributed by atoms with Gasteiger partial charge in [0, 0.05) is 25.7 Å². The van der Waals surface area contributed by atoms with Gasteiger partial charge in [0.1, 0.15) is 0 Å². The monoisotopic (exact) mass is 374 g/mol. The van der Waals surface area contributed by atoms with Gasteiger partial charge in [0.25, 0.3) is 0 Å². The molecule has 0 bridgehead atoms. The van der Waals surface area contributed by atoms with Gasteiger partial charge in [-0.15, -0.1) is 0 Å². The molecular weight excluding hydrogens is 348 g/mol. The number of hydrogen-bond donors (Lipinski definition) is 1. The third-order valence-electron chi connectivity index (χ3n) is 4.35. The first-order valence-corrected chi connectivity index (χ1v) is 10.0. The Balaban J connectivity index is 2.18. The van der Waals surface area contributed by atoms with Crippen molar-refractivity contribution in [1.29, 1.82) is 0 Å². The molecule has 26 heavy (non-hydrogen) atoms. The van der Waals surface area contributed by atoms with Crippen molar-refractivity contribution in [2.75, 3.05) is 18.0 Å². The van der Waals surface area contributed by atoms with Crippen molar-refractivity contribution < 1.29 is 13.2 Å². The quantitative estimate of drug-likeness (QED) is 0.844. The topological polar surface area (TPSA) is 66.5 Å². The summed E-state index contributed by atoms with van der Waals surface area (Å²) >= 11 is 0. The fraction of sp³-hybridized carbons (Fsp3) is 0.350. The van der Waals surface area contributed by atoms with Crippen LogP contribution in [0.25, 0.3) is 0 Å². The van der Waals surface area contributed by atoms with Gasteiger partial charge in [0.05, 0.1) is 4.90 Å². The number of carbonyl (C=O) groups is 1. The van der Waals surface area contributed by atoms with E-state index in [-0.39, 0.29) is 23.9 Å². The number of aryl methyl sites for hydroxylation is 4. The van der Waals surface area contributed by atoms with Crippen molar-refractivity contribution in [3.8, 4) is 0 Å². The summed E-state index contributed by atoms with van der Waals surface area (Å²) in [5.41, 5.74) is 4.39. The van der Waals surface area contributed by atoms with Gasteiger partial charge in [-0.25, -0.2) is 13.1 Å². The number of amides is 1. The van der Waals surface area contributed by atoms with Gasteiger partial charge in [-0.2, -0.15) is 0 Å². The lowest BCUT2D eigenvalue weighted by molar-refractivity contribution is -0.116. The highest BCUT2D eigenvalue weighted by Crippen LogP contribution is 2.24. The lowest BCUT2D eigenvalue weighted by Crippen LogP contribution is -2.38. The standard InChI is InChI=1S/C20H26N2O3S/c1-14-9-10-15(2)19(13-14)26(24,25)21-11-12-22(18(5)23)20-16(3)7-6-8-17(20)4/h6-10,13,21H,11-12H2,1-5H3. The van der Waals surface area contributed by atoms with E-state index < -0.39 is 10.0 Å². The number of anilines is 1. The molecular formula is C20H26N2O3S. The molecule has 0 spiro atoms. The van der Waals surface area contributed by atoms with Crippen LogP contribution < -0.4 is 9.62 Å². The molecule has 6 heteroatoms. The van der Waals surface area contributed by atoms with E-state index in [1.165, 1.54) is 6.92 Å². The van der Waals surface area contributed by atoms with E-state index in [2.05, 4.69) is 4.72 Å². The average molecular weight is 375 g/mol. The number of carbonyl (C=O) groups excluding carboxylic acids is 1. The highest BCUT2D eigenvalue weighted by atomic mass is 32.2. The second kappa shape index (κ2) is 8.01. The summed E-state index contributed by atoms with van der Waals surface area (Å²) in [4.78, 5) is 14.0. The molecule has 2 aromatic carbocycles. The smallest absolute Gasteiger partial charge is 0.240 e. The van der Waals surface area contributed by atoms with Crippen LogP contribution in [0.1, 0.15) is 29.2 Å². The first-order chi connectivity index (χ1) is 12.1. The van der Waals surface area contributed by atoms with Crippen LogP contribution in [0.15, 0.2) is 41.3 Å². The van der Waals surface area contributed by atoms with Crippen LogP contribution in [0, 0.1) is 27.7 Å². The Kier molecular flexibility index (Phi) is 6.21. The molecule has 0 aliphatic carbocycles. The zero-order valence-electron chi connectivity index (χ0n) is 16.0. The summed E-state index contributed by atoms with van der Waals surface area (Å²) < 4.78 is 27.8. The molecule has 0 heterocycles. The van der Waals surface area contributed by atoms with Crippen LogP contribution in [0.3, 0.4) is 0 Å². The summed E-state index contributed by atoms with van der Waals surface area (Å²) in [7, 11) is -3.63. The molecule has 0 radical (unpaired) electrons. The van der Waals surface area contributed by atoms with Crippen LogP contribution in [0.4, 0.5) is 5.69 Å². The molecule has 0 aliphatic rings. The average Bonchev–Trinajstić information content (AvgIpc) is 2.55. The predicted octanol–water partition coefficient (Wildman–Crippen LogP) is 3.25. The molecule has 5 nitrogen and oxygen atoms in total. The van der Waals surface area contributed by atoms with Crippen molar-refractivity contribution in [2.24, 2.45) is 0 Å². The van der Waals surface area contributed by atoms with Gasteiger partial charge in [0.15, 0.2) is 0 Å². The second-order valence-electron chi connectivity index (χ2n) is 6.58. The van der Waals surface area contributed by atoms with Crippen LogP contribution in [-0.2, 0) is 14.8 Å². The van der Waals surface area contributed by atoms with Gasteiger partial charge in [0.2, 0.25) is 15.9 Å². The molecule has 2 aromatic rings. The molecule has 0 fully saturated rings. The van der Waals surface area contributed by atoms with Crippen molar-refractivity contribution in [3.05, 3.63) is 58.7 Å². The number of para-hydroxylation sites is 1. The summed E-state index contributed by atoms with van der Waals surface area (Å²) in [5.74, 6) is -0.117. The maximum Gasteiger partial charge on any atom is 0.240 e. The largest absolute Gasteiger partial charge is 0.311 e. The number of sulfonamides is 1. The van der Waals surface area contributed by atoms with Gasteiger partial charge in [-0.3, -0.25) is 4.79 Å². The SMILES string of the molecule is CC(=O)N(CCNS(=O)(=O)c1cc(C)ccc1C)c1c(C)cccc1C. The zero-order chi connectivity index (χ0) is 19.5. The summed E-state index contributed by atoms with van der Waals surface area (Å²) in [6.07, 6.45) is 0. The van der Waals surface area contributed by atoms with E-state index in [4.69, 9.17) is 0 Å². The van der Waals surface area contributed by atoms with E-state index in [9.17, 15) is 13.2 Å². The Morgan fingerprint density at radius 3 is 2.19 bits per heavy atom. The van der Waals surface area contributed by atoms with E-state index >= 15 is 0 Å². The molecule has 0 unspecified atom stereocenters. The first-order valence-electron chi connectivity index (χ1n) is 8.54. The Morgan fingerprint density at radius 1 is 1.00 bits per heavy atom. The molecule has 140 valence electrons. The Hall–Kier alpha value is -2.18. The predicted molar refractivity (Wildman–Crippen MR) is 105 cm³/mol. The minimum atomic E-state index is -3.63. The van der Waals surface area contributed by atoms with E-state index in [0.717, 1.165) is 22.4 Å². The molecule has 0 aliphatic heterocycles. The maximum atomic E-state index is 12.6. The van der Waals surface area contributed by atoms with Gasteiger partial charge < -0.3 is 4.90 Å². The van der Waals surface area contributed by atoms with Crippen molar-refractivity contribution in [2.45, 2.75) is 39.5 Å². The van der Waals surface area contributed by atoms with Crippen molar-refractivity contribution in [3.63, 3.8) is 0 Å². The zero-order valence-corrected chi connectivity index (χ0v) is 16.8. The number of rotatable bonds is 6. The molecule has 2 rings (SSSR count). The first kappa shape index (κ1) is 20.1. The molecule has 0 atom stereocenters. The second-order valence-corrected chi connectivity index (χ2v) is 8.31. The molecule has 0 saturated carbocycles. The fourth-order valence-corrected chi connectivity index (χ4v) is 4.37. The van der Waals surface area contributed by atoms with Crippen molar-refractivity contribution in [1.82, 2.24) is 4.72 Å². The number of hydrogen-bond acceptors (Lipinski definition) is 3. The Bertz CT molecular complexity index is 900. The fourth-order valence-electron chi connectivity index (χ4n) is 3.02. The summed E-state index contributed by atoms with van der Waals surface area (Å²) in [6.45, 7) is 9.42. The highest BCUT2D eigenvalue weighted by Gasteiger charge is 2.19. The van der Waals surface area contributed by atoms with Gasteiger partial charge >= 0.3 is 0 Å². The maximum absolute atomic E-state index is 12.6. The van der Waals surface area contributed by atoms with Crippen LogP contribution in [-0.4, -0.2) is 27.4 Å². The van der Waals surface area contributed by atoms with E-state index in [1.807, 2.05) is 45.0 Å². The molecule has 0 aromatic heterocycles. The normalized spacial score (nSPS) is 11.4. The van der Waals surface area contributed by atoms with Crippen LogP contribution >= 0.6 is 0 Å². The third kappa shape index (κ3) is 4.51. The Morgan fingerprint density at radius 2 is 1.62 bits per heavy atom. The highest BCUT2D eigenvalue weighted by molar-refractivity contribution is 7.89. The number of benzene rings is 2.